The first-order valence-electron chi connectivity index (χ1n) is 9.34. The lowest BCUT2D eigenvalue weighted by Crippen LogP contribution is -2.54. The summed E-state index contributed by atoms with van der Waals surface area (Å²) in [5.74, 6) is 0.0440. The van der Waals surface area contributed by atoms with Gasteiger partial charge < -0.3 is 10.2 Å². The van der Waals surface area contributed by atoms with E-state index in [-0.39, 0.29) is 17.9 Å². The smallest absolute Gasteiger partial charge is 0.243 e. The van der Waals surface area contributed by atoms with Crippen LogP contribution in [0.25, 0.3) is 0 Å². The summed E-state index contributed by atoms with van der Waals surface area (Å²) in [7, 11) is 0. The number of rotatable bonds is 5. The maximum Gasteiger partial charge on any atom is 0.243 e. The number of halogens is 1. The standard InChI is InChI=1S/C20H25ClN4O2S/c1-13-15(3)28-20(22-13)23-19(27)14(2)24-8-10-25(11-9-24)18(26)12-16-4-6-17(21)7-5-16/h4-7,14H,8-12H2,1-3H3,(H,22,23,27). The Morgan fingerprint density at radius 1 is 1.18 bits per heavy atom. The van der Waals surface area contributed by atoms with Crippen LogP contribution in [0.15, 0.2) is 24.3 Å². The molecule has 1 aliphatic heterocycles. The van der Waals surface area contributed by atoms with Gasteiger partial charge in [-0.1, -0.05) is 23.7 Å². The molecule has 1 aromatic heterocycles. The molecule has 0 spiro atoms. The van der Waals surface area contributed by atoms with Crippen LogP contribution in [0, 0.1) is 13.8 Å². The molecule has 1 aromatic carbocycles. The molecule has 28 heavy (non-hydrogen) atoms. The van der Waals surface area contributed by atoms with E-state index in [1.165, 1.54) is 11.3 Å². The monoisotopic (exact) mass is 420 g/mol. The van der Waals surface area contributed by atoms with Crippen LogP contribution in [0.3, 0.4) is 0 Å². The lowest BCUT2D eigenvalue weighted by molar-refractivity contribution is -0.133. The van der Waals surface area contributed by atoms with Crippen molar-refractivity contribution in [3.05, 3.63) is 45.4 Å². The number of nitrogens with zero attached hydrogens (tertiary/aromatic N) is 3. The SMILES string of the molecule is Cc1nc(NC(=O)C(C)N2CCN(C(=O)Cc3ccc(Cl)cc3)CC2)sc1C. The van der Waals surface area contributed by atoms with Gasteiger partial charge in [0, 0.05) is 36.1 Å². The normalized spacial score (nSPS) is 16.1. The van der Waals surface area contributed by atoms with Crippen LogP contribution in [0.1, 0.15) is 23.1 Å². The number of benzene rings is 1. The number of anilines is 1. The number of hydrogen-bond donors (Lipinski definition) is 1. The third-order valence-electron chi connectivity index (χ3n) is 5.12. The van der Waals surface area contributed by atoms with E-state index in [2.05, 4.69) is 15.2 Å². The molecule has 2 aromatic rings. The molecule has 8 heteroatoms. The second-order valence-corrected chi connectivity index (χ2v) is 8.69. The highest BCUT2D eigenvalue weighted by Gasteiger charge is 2.28. The number of carbonyl (C=O) groups excluding carboxylic acids is 2. The molecule has 0 aliphatic carbocycles. The van der Waals surface area contributed by atoms with Gasteiger partial charge in [0.1, 0.15) is 0 Å². The van der Waals surface area contributed by atoms with Crippen LogP contribution >= 0.6 is 22.9 Å². The Morgan fingerprint density at radius 2 is 1.82 bits per heavy atom. The molecule has 0 saturated carbocycles. The summed E-state index contributed by atoms with van der Waals surface area (Å²) >= 11 is 7.38. The third kappa shape index (κ3) is 5.10. The lowest BCUT2D eigenvalue weighted by Gasteiger charge is -2.37. The summed E-state index contributed by atoms with van der Waals surface area (Å²) in [4.78, 5) is 34.5. The fraction of sp³-hybridized carbons (Fsp3) is 0.450. The summed E-state index contributed by atoms with van der Waals surface area (Å²) in [6.45, 7) is 8.43. The molecular formula is C20H25ClN4O2S. The number of amides is 2. The van der Waals surface area contributed by atoms with Crippen molar-refractivity contribution in [2.45, 2.75) is 33.2 Å². The number of thiazole rings is 1. The van der Waals surface area contributed by atoms with E-state index in [1.54, 1.807) is 12.1 Å². The molecule has 6 nitrogen and oxygen atoms in total. The zero-order valence-corrected chi connectivity index (χ0v) is 17.9. The molecule has 1 fully saturated rings. The van der Waals surface area contributed by atoms with Gasteiger partial charge >= 0.3 is 0 Å². The van der Waals surface area contributed by atoms with Crippen LogP contribution in [-0.2, 0) is 16.0 Å². The number of aromatic nitrogens is 1. The molecular weight excluding hydrogens is 396 g/mol. The fourth-order valence-electron chi connectivity index (χ4n) is 3.15. The van der Waals surface area contributed by atoms with Gasteiger partial charge in [0.05, 0.1) is 18.2 Å². The van der Waals surface area contributed by atoms with E-state index < -0.39 is 0 Å². The van der Waals surface area contributed by atoms with Gasteiger partial charge in [0.2, 0.25) is 11.8 Å². The van der Waals surface area contributed by atoms with Crippen molar-refractivity contribution in [2.24, 2.45) is 0 Å². The quantitative estimate of drug-likeness (QED) is 0.807. The third-order valence-corrected chi connectivity index (χ3v) is 6.36. The minimum Gasteiger partial charge on any atom is -0.340 e. The first kappa shape index (κ1) is 20.8. The molecule has 2 amide bonds. The summed E-state index contributed by atoms with van der Waals surface area (Å²) in [6.07, 6.45) is 0.371. The molecule has 1 unspecified atom stereocenters. The van der Waals surface area contributed by atoms with Crippen LogP contribution in [-0.4, -0.2) is 58.8 Å². The molecule has 1 N–H and O–H groups in total. The van der Waals surface area contributed by atoms with Crippen LogP contribution in [0.4, 0.5) is 5.13 Å². The highest BCUT2D eigenvalue weighted by molar-refractivity contribution is 7.15. The maximum atomic E-state index is 12.5. The first-order chi connectivity index (χ1) is 13.3. The van der Waals surface area contributed by atoms with Gasteiger partial charge in [0.15, 0.2) is 5.13 Å². The lowest BCUT2D eigenvalue weighted by atomic mass is 10.1. The Kier molecular flexibility index (Phi) is 6.69. The van der Waals surface area contributed by atoms with E-state index in [0.717, 1.165) is 16.1 Å². The number of piperazine rings is 1. The summed E-state index contributed by atoms with van der Waals surface area (Å²) < 4.78 is 0. The summed E-state index contributed by atoms with van der Waals surface area (Å²) in [5.41, 5.74) is 1.90. The number of carbonyl (C=O) groups is 2. The molecule has 1 aliphatic rings. The second kappa shape index (κ2) is 9.03. The Balaban J connectivity index is 1.49. The first-order valence-corrected chi connectivity index (χ1v) is 10.5. The Bertz CT molecular complexity index is 825. The van der Waals surface area contributed by atoms with Crippen molar-refractivity contribution in [3.63, 3.8) is 0 Å². The molecule has 1 atom stereocenters. The highest BCUT2D eigenvalue weighted by atomic mass is 35.5. The van der Waals surface area contributed by atoms with Crippen molar-refractivity contribution < 1.29 is 9.59 Å². The average molecular weight is 421 g/mol. The molecule has 0 radical (unpaired) electrons. The van der Waals surface area contributed by atoms with Crippen LogP contribution < -0.4 is 5.32 Å². The number of nitrogens with one attached hydrogen (secondary N) is 1. The van der Waals surface area contributed by atoms with Gasteiger partial charge in [0.25, 0.3) is 0 Å². The van der Waals surface area contributed by atoms with Crippen LogP contribution in [0.5, 0.6) is 0 Å². The molecule has 3 rings (SSSR count). The molecule has 2 heterocycles. The predicted octanol–water partition coefficient (Wildman–Crippen LogP) is 3.13. The van der Waals surface area contributed by atoms with Crippen LogP contribution in [0.2, 0.25) is 5.02 Å². The predicted molar refractivity (Wildman–Crippen MR) is 113 cm³/mol. The van der Waals surface area contributed by atoms with E-state index >= 15 is 0 Å². The zero-order valence-electron chi connectivity index (χ0n) is 16.4. The number of aryl methyl sites for hydroxylation is 2. The van der Waals surface area contributed by atoms with Crippen molar-refractivity contribution in [1.29, 1.82) is 0 Å². The summed E-state index contributed by atoms with van der Waals surface area (Å²) in [5, 5.41) is 4.22. The summed E-state index contributed by atoms with van der Waals surface area (Å²) in [6, 6.07) is 7.09. The molecule has 0 bridgehead atoms. The Hall–Kier alpha value is -1.96. The fourth-order valence-corrected chi connectivity index (χ4v) is 4.09. The van der Waals surface area contributed by atoms with Gasteiger partial charge in [-0.2, -0.15) is 0 Å². The Labute approximate surface area is 174 Å². The van der Waals surface area contributed by atoms with E-state index in [4.69, 9.17) is 11.6 Å². The van der Waals surface area contributed by atoms with Crippen molar-refractivity contribution in [2.75, 3.05) is 31.5 Å². The van der Waals surface area contributed by atoms with E-state index in [0.29, 0.717) is 42.8 Å². The highest BCUT2D eigenvalue weighted by Crippen LogP contribution is 2.21. The van der Waals surface area contributed by atoms with Crippen molar-refractivity contribution in [1.82, 2.24) is 14.8 Å². The van der Waals surface area contributed by atoms with Gasteiger partial charge in [-0.25, -0.2) is 4.98 Å². The molecule has 150 valence electrons. The minimum atomic E-state index is -0.266. The van der Waals surface area contributed by atoms with Gasteiger partial charge in [-0.05, 0) is 38.5 Å². The minimum absolute atomic E-state index is 0.0605. The second-order valence-electron chi connectivity index (χ2n) is 7.05. The van der Waals surface area contributed by atoms with E-state index in [9.17, 15) is 9.59 Å². The topological polar surface area (TPSA) is 65.5 Å². The molecule has 1 saturated heterocycles. The maximum absolute atomic E-state index is 12.5. The largest absolute Gasteiger partial charge is 0.340 e. The average Bonchev–Trinajstić information content (AvgIpc) is 3.00. The van der Waals surface area contributed by atoms with E-state index in [1.807, 2.05) is 37.8 Å². The van der Waals surface area contributed by atoms with Gasteiger partial charge in [-0.15, -0.1) is 11.3 Å². The Morgan fingerprint density at radius 3 is 2.39 bits per heavy atom. The van der Waals surface area contributed by atoms with Gasteiger partial charge in [-0.3, -0.25) is 14.5 Å². The number of hydrogen-bond acceptors (Lipinski definition) is 5. The van der Waals surface area contributed by atoms with Crippen molar-refractivity contribution in [3.8, 4) is 0 Å². The zero-order chi connectivity index (χ0) is 20.3. The van der Waals surface area contributed by atoms with Crippen molar-refractivity contribution >= 4 is 39.9 Å².